The lowest BCUT2D eigenvalue weighted by atomic mass is 10.1. The molecule has 0 spiro atoms. The molecule has 0 unspecified atom stereocenters. The molecule has 0 amide bonds. The molecule has 2 aliphatic heterocycles. The summed E-state index contributed by atoms with van der Waals surface area (Å²) in [5, 5.41) is 6.82. The molecule has 0 radical (unpaired) electrons. The zero-order chi connectivity index (χ0) is 8.39. The minimum Gasteiger partial charge on any atom is -0.314 e. The van der Waals surface area contributed by atoms with Gasteiger partial charge in [-0.25, -0.2) is 0 Å². The lowest BCUT2D eigenvalue weighted by Gasteiger charge is -2.33. The minimum atomic E-state index is -0.515. The summed E-state index contributed by atoms with van der Waals surface area (Å²) < 4.78 is 11.0. The van der Waals surface area contributed by atoms with Crippen molar-refractivity contribution in [2.75, 3.05) is 24.6 Å². The second-order valence-corrected chi connectivity index (χ2v) is 5.34. The molecule has 4 heteroatoms. The van der Waals surface area contributed by atoms with Crippen LogP contribution >= 0.6 is 0 Å². The number of nitrogens with one attached hydrogen (secondary N) is 2. The molecule has 3 nitrogen and oxygen atoms in total. The third kappa shape index (κ3) is 2.06. The van der Waals surface area contributed by atoms with Gasteiger partial charge in [-0.2, -0.15) is 0 Å². The van der Waals surface area contributed by atoms with E-state index in [9.17, 15) is 4.21 Å². The van der Waals surface area contributed by atoms with E-state index in [0.717, 1.165) is 37.4 Å². The third-order valence-electron chi connectivity index (χ3n) is 2.64. The molecule has 0 aromatic rings. The van der Waals surface area contributed by atoms with E-state index < -0.39 is 10.8 Å². The van der Waals surface area contributed by atoms with E-state index in [1.165, 1.54) is 0 Å². The Kier molecular flexibility index (Phi) is 2.78. The predicted octanol–water partition coefficient (Wildman–Crippen LogP) is -0.541. The van der Waals surface area contributed by atoms with Crippen LogP contribution in [0.15, 0.2) is 0 Å². The first kappa shape index (κ1) is 8.66. The van der Waals surface area contributed by atoms with Crippen molar-refractivity contribution in [2.45, 2.75) is 24.9 Å². The first-order valence-corrected chi connectivity index (χ1v) is 6.15. The van der Waals surface area contributed by atoms with E-state index >= 15 is 0 Å². The average molecular weight is 188 g/mol. The smallest absolute Gasteiger partial charge is 0.0319 e. The summed E-state index contributed by atoms with van der Waals surface area (Å²) in [6.07, 6.45) is 2.20. The van der Waals surface area contributed by atoms with Crippen LogP contribution in [0.3, 0.4) is 0 Å². The first-order chi connectivity index (χ1) is 5.84. The van der Waals surface area contributed by atoms with Crippen molar-refractivity contribution in [3.05, 3.63) is 0 Å². The minimum absolute atomic E-state index is 0.515. The van der Waals surface area contributed by atoms with E-state index in [4.69, 9.17) is 0 Å². The van der Waals surface area contributed by atoms with Crippen LogP contribution in [0.5, 0.6) is 0 Å². The maximum absolute atomic E-state index is 11.0. The highest BCUT2D eigenvalue weighted by Gasteiger charge is 2.23. The maximum atomic E-state index is 11.0. The van der Waals surface area contributed by atoms with Crippen molar-refractivity contribution in [1.29, 1.82) is 0 Å². The Morgan fingerprint density at radius 3 is 2.33 bits per heavy atom. The Labute approximate surface area is 75.8 Å². The van der Waals surface area contributed by atoms with Crippen LogP contribution in [0.1, 0.15) is 12.8 Å². The Balaban J connectivity index is 1.70. The Hall–Kier alpha value is 0.0700. The summed E-state index contributed by atoms with van der Waals surface area (Å²) in [5.41, 5.74) is 0. The number of hydrogen-bond donors (Lipinski definition) is 2. The van der Waals surface area contributed by atoms with Crippen LogP contribution in [-0.2, 0) is 10.8 Å². The SMILES string of the molecule is O=S1CCC(NC2CNC2)CC1. The van der Waals surface area contributed by atoms with Gasteiger partial charge in [0.1, 0.15) is 0 Å². The van der Waals surface area contributed by atoms with Gasteiger partial charge in [-0.1, -0.05) is 0 Å². The highest BCUT2D eigenvalue weighted by Crippen LogP contribution is 2.10. The maximum Gasteiger partial charge on any atom is 0.0319 e. The fourth-order valence-electron chi connectivity index (χ4n) is 1.70. The van der Waals surface area contributed by atoms with Gasteiger partial charge in [-0.15, -0.1) is 0 Å². The largest absolute Gasteiger partial charge is 0.314 e. The molecule has 2 fully saturated rings. The molecule has 0 bridgehead atoms. The van der Waals surface area contributed by atoms with E-state index in [0.29, 0.717) is 12.1 Å². The van der Waals surface area contributed by atoms with E-state index in [2.05, 4.69) is 10.6 Å². The van der Waals surface area contributed by atoms with Crippen LogP contribution in [0.2, 0.25) is 0 Å². The van der Waals surface area contributed by atoms with Gasteiger partial charge >= 0.3 is 0 Å². The zero-order valence-electron chi connectivity index (χ0n) is 7.21. The summed E-state index contributed by atoms with van der Waals surface area (Å²) in [6, 6.07) is 1.32. The fraction of sp³-hybridized carbons (Fsp3) is 1.00. The standard InChI is InChI=1S/C8H16N2OS/c11-12-3-1-7(2-4-12)10-8-5-9-6-8/h7-10H,1-6H2. The van der Waals surface area contributed by atoms with Crippen LogP contribution in [0.25, 0.3) is 0 Å². The second kappa shape index (κ2) is 3.85. The molecule has 0 aromatic heterocycles. The molecule has 70 valence electrons. The highest BCUT2D eigenvalue weighted by atomic mass is 32.2. The molecule has 0 saturated carbocycles. The van der Waals surface area contributed by atoms with Gasteiger partial charge in [-0.05, 0) is 12.8 Å². The first-order valence-electron chi connectivity index (χ1n) is 4.66. The van der Waals surface area contributed by atoms with Crippen LogP contribution in [0, 0.1) is 0 Å². The monoisotopic (exact) mass is 188 g/mol. The molecule has 2 aliphatic rings. The van der Waals surface area contributed by atoms with Crippen molar-refractivity contribution in [2.24, 2.45) is 0 Å². The number of hydrogen-bond acceptors (Lipinski definition) is 3. The Bertz CT molecular complexity index is 172. The predicted molar refractivity (Wildman–Crippen MR) is 50.7 cm³/mol. The van der Waals surface area contributed by atoms with Crippen LogP contribution in [0.4, 0.5) is 0 Å². The van der Waals surface area contributed by atoms with Gasteiger partial charge in [0.25, 0.3) is 0 Å². The number of rotatable bonds is 2. The summed E-state index contributed by atoms with van der Waals surface area (Å²) in [7, 11) is -0.515. The molecule has 12 heavy (non-hydrogen) atoms. The van der Waals surface area contributed by atoms with Crippen LogP contribution < -0.4 is 10.6 Å². The van der Waals surface area contributed by atoms with Gasteiger partial charge in [0.05, 0.1) is 0 Å². The Morgan fingerprint density at radius 2 is 1.83 bits per heavy atom. The van der Waals surface area contributed by atoms with Crippen molar-refractivity contribution in [3.8, 4) is 0 Å². The summed E-state index contributed by atoms with van der Waals surface area (Å²) >= 11 is 0. The quantitative estimate of drug-likeness (QED) is 0.611. The van der Waals surface area contributed by atoms with E-state index in [1.807, 2.05) is 0 Å². The fourth-order valence-corrected chi connectivity index (χ4v) is 3.00. The molecular weight excluding hydrogens is 172 g/mol. The third-order valence-corrected chi connectivity index (χ3v) is 4.02. The molecule has 2 heterocycles. The van der Waals surface area contributed by atoms with Crippen molar-refractivity contribution >= 4 is 10.8 Å². The molecular formula is C8H16N2OS. The second-order valence-electron chi connectivity index (χ2n) is 3.64. The summed E-state index contributed by atoms with van der Waals surface area (Å²) in [4.78, 5) is 0. The molecule has 2 rings (SSSR count). The molecule has 0 aromatic carbocycles. The summed E-state index contributed by atoms with van der Waals surface area (Å²) in [5.74, 6) is 1.80. The topological polar surface area (TPSA) is 41.1 Å². The van der Waals surface area contributed by atoms with Crippen molar-refractivity contribution in [1.82, 2.24) is 10.6 Å². The van der Waals surface area contributed by atoms with Gasteiger partial charge in [0.2, 0.25) is 0 Å². The lowest BCUT2D eigenvalue weighted by Crippen LogP contribution is -2.58. The van der Waals surface area contributed by atoms with Crippen LogP contribution in [-0.4, -0.2) is 40.9 Å². The molecule has 2 saturated heterocycles. The van der Waals surface area contributed by atoms with Gasteiger partial charge < -0.3 is 10.6 Å². The Morgan fingerprint density at radius 1 is 1.17 bits per heavy atom. The summed E-state index contributed by atoms with van der Waals surface area (Å²) in [6.45, 7) is 2.22. The van der Waals surface area contributed by atoms with E-state index in [1.54, 1.807) is 0 Å². The van der Waals surface area contributed by atoms with E-state index in [-0.39, 0.29) is 0 Å². The molecule has 0 aliphatic carbocycles. The highest BCUT2D eigenvalue weighted by molar-refractivity contribution is 7.85. The van der Waals surface area contributed by atoms with Crippen molar-refractivity contribution < 1.29 is 4.21 Å². The molecule has 0 atom stereocenters. The normalized spacial score (nSPS) is 37.7. The zero-order valence-corrected chi connectivity index (χ0v) is 8.03. The lowest BCUT2D eigenvalue weighted by molar-refractivity contribution is 0.316. The van der Waals surface area contributed by atoms with Crippen molar-refractivity contribution in [3.63, 3.8) is 0 Å². The van der Waals surface area contributed by atoms with Gasteiger partial charge in [0, 0.05) is 47.5 Å². The van der Waals surface area contributed by atoms with Gasteiger partial charge in [0.15, 0.2) is 0 Å². The molecule has 2 N–H and O–H groups in total. The van der Waals surface area contributed by atoms with Gasteiger partial charge in [-0.3, -0.25) is 4.21 Å². The average Bonchev–Trinajstić information content (AvgIpc) is 2.00.